The van der Waals surface area contributed by atoms with Crippen LogP contribution in [-0.2, 0) is 19.4 Å². The minimum atomic E-state index is 0.791. The molecule has 2 aromatic carbocycles. The molecule has 0 unspecified atom stereocenters. The molecule has 1 aliphatic rings. The Hall–Kier alpha value is -3.36. The van der Waals surface area contributed by atoms with Gasteiger partial charge in [0.1, 0.15) is 17.2 Å². The molecule has 1 aliphatic heterocycles. The number of hydrogen-bond acceptors (Lipinski definition) is 6. The Morgan fingerprint density at radius 2 is 1.60 bits per heavy atom. The Labute approximate surface area is 206 Å². The number of likely N-dealkylation sites (N-methyl/N-ethyl adjacent to an activating group) is 1. The Morgan fingerprint density at radius 1 is 0.857 bits per heavy atom. The van der Waals surface area contributed by atoms with Crippen LogP contribution in [0.4, 0.5) is 0 Å². The molecule has 0 bridgehead atoms. The van der Waals surface area contributed by atoms with Crippen molar-refractivity contribution in [2.24, 2.45) is 0 Å². The zero-order valence-electron chi connectivity index (χ0n) is 20.8. The van der Waals surface area contributed by atoms with Crippen LogP contribution in [0.1, 0.15) is 23.7 Å². The molecule has 1 fully saturated rings. The fraction of sp³-hybridized carbons (Fsp3) is 0.407. The van der Waals surface area contributed by atoms with E-state index in [4.69, 9.17) is 14.5 Å². The van der Waals surface area contributed by atoms with Gasteiger partial charge in [-0.05, 0) is 60.8 Å². The number of methoxy groups -OCH3 is 2. The van der Waals surface area contributed by atoms with E-state index in [0.717, 1.165) is 97.4 Å². The molecule has 184 valence electrons. The summed E-state index contributed by atoms with van der Waals surface area (Å²) in [5.41, 5.74) is 6.37. The molecule has 2 aromatic heterocycles. The summed E-state index contributed by atoms with van der Waals surface area (Å²) in [6.45, 7) is 8.89. The van der Waals surface area contributed by atoms with E-state index in [2.05, 4.69) is 56.2 Å². The quantitative estimate of drug-likeness (QED) is 0.383. The van der Waals surface area contributed by atoms with E-state index in [1.54, 1.807) is 14.2 Å². The molecule has 2 N–H and O–H groups in total. The van der Waals surface area contributed by atoms with Crippen LogP contribution in [0, 0.1) is 0 Å². The molecular weight excluding hydrogens is 440 g/mol. The fourth-order valence-electron chi connectivity index (χ4n) is 4.69. The molecule has 5 rings (SSSR count). The molecule has 0 atom stereocenters. The highest BCUT2D eigenvalue weighted by atomic mass is 16.5. The average Bonchev–Trinajstić information content (AvgIpc) is 3.54. The Morgan fingerprint density at radius 3 is 2.31 bits per heavy atom. The molecule has 0 radical (unpaired) electrons. The number of imidazole rings is 1. The van der Waals surface area contributed by atoms with Gasteiger partial charge in [-0.25, -0.2) is 4.98 Å². The molecule has 0 saturated carbocycles. The lowest BCUT2D eigenvalue weighted by molar-refractivity contribution is 0.132. The van der Waals surface area contributed by atoms with Gasteiger partial charge in [0.05, 0.1) is 25.3 Å². The Balaban J connectivity index is 1.24. The highest BCUT2D eigenvalue weighted by Gasteiger charge is 2.16. The lowest BCUT2D eigenvalue weighted by atomic mass is 10.1. The lowest BCUT2D eigenvalue weighted by Crippen LogP contribution is -2.45. The summed E-state index contributed by atoms with van der Waals surface area (Å²) in [7, 11) is 3.34. The molecule has 3 heterocycles. The molecule has 0 amide bonds. The van der Waals surface area contributed by atoms with E-state index in [-0.39, 0.29) is 0 Å². The van der Waals surface area contributed by atoms with Crippen LogP contribution in [0.3, 0.4) is 0 Å². The number of aromatic nitrogens is 4. The number of aryl methyl sites for hydroxylation is 2. The van der Waals surface area contributed by atoms with Crippen molar-refractivity contribution in [3.63, 3.8) is 0 Å². The van der Waals surface area contributed by atoms with Crippen molar-refractivity contribution < 1.29 is 9.47 Å². The van der Waals surface area contributed by atoms with Gasteiger partial charge < -0.3 is 19.4 Å². The first kappa shape index (κ1) is 23.4. The van der Waals surface area contributed by atoms with Crippen molar-refractivity contribution in [1.29, 1.82) is 0 Å². The summed E-state index contributed by atoms with van der Waals surface area (Å²) in [6.07, 6.45) is 1.68. The number of nitrogens with one attached hydrogen (secondary N) is 2. The maximum absolute atomic E-state index is 5.38. The summed E-state index contributed by atoms with van der Waals surface area (Å²) in [6, 6.07) is 14.6. The maximum Gasteiger partial charge on any atom is 0.159 e. The van der Waals surface area contributed by atoms with Crippen LogP contribution < -0.4 is 9.47 Å². The van der Waals surface area contributed by atoms with E-state index >= 15 is 0 Å². The topological polar surface area (TPSA) is 82.3 Å². The number of hydrogen-bond donors (Lipinski definition) is 2. The number of rotatable bonds is 9. The predicted molar refractivity (Wildman–Crippen MR) is 138 cm³/mol. The van der Waals surface area contributed by atoms with Crippen molar-refractivity contribution >= 4 is 11.0 Å². The van der Waals surface area contributed by atoms with Crippen molar-refractivity contribution in [1.82, 2.24) is 30.0 Å². The number of aromatic amines is 2. The molecule has 8 nitrogen and oxygen atoms in total. The van der Waals surface area contributed by atoms with Crippen LogP contribution in [0.2, 0.25) is 0 Å². The molecule has 8 heteroatoms. The number of ether oxygens (including phenoxy) is 2. The standard InChI is InChI=1S/C27H34N6O2/c1-4-32-9-11-33(12-10-32)18-20-6-8-24-25(15-20)29-27(28-24)26-16-21(30-31-26)7-5-19-13-22(34-2)17-23(14-19)35-3/h6,8,13-17H,4-5,7,9-12,18H2,1-3H3,(H,28,29)(H,30,31). The van der Waals surface area contributed by atoms with Gasteiger partial charge in [-0.2, -0.15) is 5.10 Å². The third-order valence-electron chi connectivity index (χ3n) is 6.83. The number of piperazine rings is 1. The summed E-state index contributed by atoms with van der Waals surface area (Å²) in [4.78, 5) is 13.3. The average molecular weight is 475 g/mol. The van der Waals surface area contributed by atoms with E-state index in [1.807, 2.05) is 18.2 Å². The first-order valence-corrected chi connectivity index (χ1v) is 12.3. The minimum absolute atomic E-state index is 0.791. The van der Waals surface area contributed by atoms with Crippen LogP contribution in [0.15, 0.2) is 42.5 Å². The summed E-state index contributed by atoms with van der Waals surface area (Å²) in [5.74, 6) is 2.39. The van der Waals surface area contributed by atoms with Crippen molar-refractivity contribution in [2.45, 2.75) is 26.3 Å². The maximum atomic E-state index is 5.38. The lowest BCUT2D eigenvalue weighted by Gasteiger charge is -2.34. The molecule has 0 aliphatic carbocycles. The highest BCUT2D eigenvalue weighted by molar-refractivity contribution is 5.79. The van der Waals surface area contributed by atoms with Gasteiger partial charge in [0.25, 0.3) is 0 Å². The van der Waals surface area contributed by atoms with Gasteiger partial charge in [-0.3, -0.25) is 10.00 Å². The number of nitrogens with zero attached hydrogens (tertiary/aromatic N) is 4. The molecule has 4 aromatic rings. The monoisotopic (exact) mass is 474 g/mol. The minimum Gasteiger partial charge on any atom is -0.497 e. The number of H-pyrrole nitrogens is 2. The molecular formula is C27H34N6O2. The van der Waals surface area contributed by atoms with Crippen LogP contribution in [0.25, 0.3) is 22.6 Å². The predicted octanol–water partition coefficient (Wildman–Crippen LogP) is 3.89. The second kappa shape index (κ2) is 10.5. The molecule has 1 saturated heterocycles. The van der Waals surface area contributed by atoms with E-state index < -0.39 is 0 Å². The van der Waals surface area contributed by atoms with E-state index in [0.29, 0.717) is 0 Å². The summed E-state index contributed by atoms with van der Waals surface area (Å²) >= 11 is 0. The normalized spacial score (nSPS) is 15.1. The van der Waals surface area contributed by atoms with Crippen molar-refractivity contribution in [3.8, 4) is 23.0 Å². The van der Waals surface area contributed by atoms with E-state index in [1.165, 1.54) is 5.56 Å². The summed E-state index contributed by atoms with van der Waals surface area (Å²) in [5, 5.41) is 7.68. The van der Waals surface area contributed by atoms with Crippen LogP contribution in [0.5, 0.6) is 11.5 Å². The zero-order chi connectivity index (χ0) is 24.2. The third kappa shape index (κ3) is 5.49. The number of fused-ring (bicyclic) bond motifs is 1. The largest absolute Gasteiger partial charge is 0.497 e. The number of benzene rings is 2. The summed E-state index contributed by atoms with van der Waals surface area (Å²) < 4.78 is 10.8. The smallest absolute Gasteiger partial charge is 0.159 e. The van der Waals surface area contributed by atoms with Gasteiger partial charge in [0.2, 0.25) is 0 Å². The van der Waals surface area contributed by atoms with E-state index in [9.17, 15) is 0 Å². The van der Waals surface area contributed by atoms with Gasteiger partial charge in [0.15, 0.2) is 5.82 Å². The zero-order valence-corrected chi connectivity index (χ0v) is 20.8. The first-order valence-electron chi connectivity index (χ1n) is 12.3. The van der Waals surface area contributed by atoms with Gasteiger partial charge >= 0.3 is 0 Å². The second-order valence-corrected chi connectivity index (χ2v) is 9.15. The van der Waals surface area contributed by atoms with Crippen molar-refractivity contribution in [2.75, 3.05) is 46.9 Å². The van der Waals surface area contributed by atoms with Crippen LogP contribution in [-0.4, -0.2) is 76.9 Å². The van der Waals surface area contributed by atoms with Gasteiger partial charge in [-0.15, -0.1) is 0 Å². The second-order valence-electron chi connectivity index (χ2n) is 9.15. The van der Waals surface area contributed by atoms with Gasteiger partial charge in [0, 0.05) is 44.5 Å². The Kier molecular flexibility index (Phi) is 7.01. The highest BCUT2D eigenvalue weighted by Crippen LogP contribution is 2.25. The van der Waals surface area contributed by atoms with Gasteiger partial charge in [-0.1, -0.05) is 13.0 Å². The third-order valence-corrected chi connectivity index (χ3v) is 6.83. The Bertz CT molecular complexity index is 1250. The first-order chi connectivity index (χ1) is 17.1. The SMILES string of the molecule is CCN1CCN(Cc2ccc3[nH]c(-c4cc(CCc5cc(OC)cc(OC)c5)[nH]n4)nc3c2)CC1. The van der Waals surface area contributed by atoms with Crippen LogP contribution >= 0.6 is 0 Å². The van der Waals surface area contributed by atoms with Crippen molar-refractivity contribution in [3.05, 3.63) is 59.3 Å². The molecule has 35 heavy (non-hydrogen) atoms. The fourth-order valence-corrected chi connectivity index (χ4v) is 4.69. The molecule has 0 spiro atoms.